The van der Waals surface area contributed by atoms with E-state index in [1.807, 2.05) is 24.3 Å². The second kappa shape index (κ2) is 5.53. The van der Waals surface area contributed by atoms with E-state index >= 15 is 0 Å². The molecule has 21 heavy (non-hydrogen) atoms. The van der Waals surface area contributed by atoms with E-state index in [2.05, 4.69) is 0 Å². The van der Waals surface area contributed by atoms with E-state index in [0.29, 0.717) is 22.2 Å². The van der Waals surface area contributed by atoms with Crippen LogP contribution in [0.15, 0.2) is 48.7 Å². The molecule has 3 rings (SSSR count). The average Bonchev–Trinajstić information content (AvgIpc) is 2.88. The topological polar surface area (TPSA) is 48.0 Å². The van der Waals surface area contributed by atoms with Gasteiger partial charge < -0.3 is 5.73 Å². The van der Waals surface area contributed by atoms with E-state index in [0.717, 1.165) is 16.5 Å². The summed E-state index contributed by atoms with van der Waals surface area (Å²) in [6.07, 6.45) is 1.77. The Kier molecular flexibility index (Phi) is 3.72. The Morgan fingerprint density at radius 2 is 1.86 bits per heavy atom. The van der Waals surface area contributed by atoms with E-state index in [1.165, 1.54) is 0 Å². The zero-order valence-corrected chi connectivity index (χ0v) is 12.5. The highest BCUT2D eigenvalue weighted by molar-refractivity contribution is 6.42. The van der Waals surface area contributed by atoms with Gasteiger partial charge in [0.05, 0.1) is 15.6 Å². The molecule has 0 aliphatic heterocycles. The first-order valence-electron chi connectivity index (χ1n) is 6.40. The number of hydrogen-bond donors (Lipinski definition) is 1. The van der Waals surface area contributed by atoms with Gasteiger partial charge in [-0.15, -0.1) is 0 Å². The summed E-state index contributed by atoms with van der Waals surface area (Å²) in [7, 11) is 0. The third kappa shape index (κ3) is 2.44. The zero-order chi connectivity index (χ0) is 15.0. The van der Waals surface area contributed by atoms with Gasteiger partial charge >= 0.3 is 0 Å². The summed E-state index contributed by atoms with van der Waals surface area (Å²) in [6.45, 7) is 0.377. The average molecular weight is 319 g/mol. The molecule has 3 nitrogen and oxygen atoms in total. The van der Waals surface area contributed by atoms with Crippen LogP contribution in [0.4, 0.5) is 0 Å². The lowest BCUT2D eigenvalue weighted by Gasteiger charge is -2.05. The van der Waals surface area contributed by atoms with Crippen LogP contribution in [0.2, 0.25) is 10.0 Å². The molecule has 0 saturated carbocycles. The van der Waals surface area contributed by atoms with Gasteiger partial charge in [0, 0.05) is 23.7 Å². The predicted molar refractivity (Wildman–Crippen MR) is 86.0 cm³/mol. The summed E-state index contributed by atoms with van der Waals surface area (Å²) in [5.74, 6) is -0.163. The van der Waals surface area contributed by atoms with Crippen molar-refractivity contribution in [3.8, 4) is 0 Å². The minimum Gasteiger partial charge on any atom is -0.326 e. The quantitative estimate of drug-likeness (QED) is 0.773. The first-order chi connectivity index (χ1) is 10.1. The van der Waals surface area contributed by atoms with E-state index in [9.17, 15) is 4.79 Å². The van der Waals surface area contributed by atoms with Gasteiger partial charge in [0.25, 0.3) is 5.91 Å². The molecule has 0 amide bonds. The Balaban J connectivity index is 2.15. The molecule has 5 heteroatoms. The molecule has 0 aliphatic rings. The largest absolute Gasteiger partial charge is 0.326 e. The van der Waals surface area contributed by atoms with Crippen molar-refractivity contribution in [1.82, 2.24) is 4.57 Å². The number of nitrogens with two attached hydrogens (primary N) is 1. The number of fused-ring (bicyclic) bond motifs is 1. The molecular weight excluding hydrogens is 307 g/mol. The first-order valence-corrected chi connectivity index (χ1v) is 7.16. The molecule has 0 aliphatic carbocycles. The summed E-state index contributed by atoms with van der Waals surface area (Å²) >= 11 is 11.9. The Bertz CT molecular complexity index is 839. The molecule has 2 aromatic carbocycles. The number of rotatable bonds is 2. The molecular formula is C16H12Cl2N2O. The van der Waals surface area contributed by atoms with Crippen molar-refractivity contribution in [1.29, 1.82) is 0 Å². The van der Waals surface area contributed by atoms with Gasteiger partial charge in [0.1, 0.15) is 0 Å². The maximum atomic E-state index is 12.7. The van der Waals surface area contributed by atoms with Crippen LogP contribution in [0.5, 0.6) is 0 Å². The van der Waals surface area contributed by atoms with Crippen LogP contribution in [-0.4, -0.2) is 10.5 Å². The minimum absolute atomic E-state index is 0.163. The van der Waals surface area contributed by atoms with Gasteiger partial charge in [-0.25, -0.2) is 0 Å². The number of benzene rings is 2. The highest BCUT2D eigenvalue weighted by Gasteiger charge is 2.15. The molecule has 3 aromatic rings. The third-order valence-electron chi connectivity index (χ3n) is 3.40. The summed E-state index contributed by atoms with van der Waals surface area (Å²) in [5.41, 5.74) is 7.99. The third-order valence-corrected chi connectivity index (χ3v) is 4.14. The van der Waals surface area contributed by atoms with Crippen molar-refractivity contribution in [3.05, 3.63) is 69.8 Å². The Hall–Kier alpha value is -1.81. The van der Waals surface area contributed by atoms with Crippen molar-refractivity contribution >= 4 is 40.0 Å². The Morgan fingerprint density at radius 3 is 2.57 bits per heavy atom. The number of para-hydroxylation sites is 1. The van der Waals surface area contributed by atoms with Crippen LogP contribution in [0.25, 0.3) is 10.9 Å². The number of carbonyl (C=O) groups is 1. The first kappa shape index (κ1) is 14.1. The molecule has 106 valence electrons. The van der Waals surface area contributed by atoms with Crippen LogP contribution in [0, 0.1) is 0 Å². The zero-order valence-electron chi connectivity index (χ0n) is 11.0. The predicted octanol–water partition coefficient (Wildman–Crippen LogP) is 4.10. The second-order valence-electron chi connectivity index (χ2n) is 4.68. The highest BCUT2D eigenvalue weighted by Crippen LogP contribution is 2.25. The Labute approximate surface area is 131 Å². The highest BCUT2D eigenvalue weighted by atomic mass is 35.5. The standard InChI is InChI=1S/C16H12Cl2N2O/c17-13-6-5-10(7-14(13)18)16(21)20-9-11(8-19)12-3-1-2-4-15(12)20/h1-7,9H,8,19H2. The van der Waals surface area contributed by atoms with Gasteiger partial charge in [-0.2, -0.15) is 0 Å². The van der Waals surface area contributed by atoms with Crippen molar-refractivity contribution < 1.29 is 4.79 Å². The Morgan fingerprint density at radius 1 is 1.10 bits per heavy atom. The fraction of sp³-hybridized carbons (Fsp3) is 0.0625. The van der Waals surface area contributed by atoms with Crippen LogP contribution in [0.1, 0.15) is 15.9 Å². The molecule has 0 saturated heterocycles. The van der Waals surface area contributed by atoms with Gasteiger partial charge in [0.2, 0.25) is 0 Å². The lowest BCUT2D eigenvalue weighted by Crippen LogP contribution is -2.10. The summed E-state index contributed by atoms with van der Waals surface area (Å²) < 4.78 is 1.59. The van der Waals surface area contributed by atoms with Crippen LogP contribution >= 0.6 is 23.2 Å². The summed E-state index contributed by atoms with van der Waals surface area (Å²) in [4.78, 5) is 12.7. The molecule has 1 heterocycles. The second-order valence-corrected chi connectivity index (χ2v) is 5.49. The van der Waals surface area contributed by atoms with E-state index in [4.69, 9.17) is 28.9 Å². The van der Waals surface area contributed by atoms with Crippen molar-refractivity contribution in [2.45, 2.75) is 6.54 Å². The number of aromatic nitrogens is 1. The van der Waals surface area contributed by atoms with Gasteiger partial charge in [0.15, 0.2) is 0 Å². The van der Waals surface area contributed by atoms with Crippen LogP contribution in [0.3, 0.4) is 0 Å². The van der Waals surface area contributed by atoms with Crippen LogP contribution in [-0.2, 0) is 6.54 Å². The maximum absolute atomic E-state index is 12.7. The smallest absolute Gasteiger partial charge is 0.262 e. The number of carbonyl (C=O) groups excluding carboxylic acids is 1. The fourth-order valence-electron chi connectivity index (χ4n) is 2.35. The molecule has 0 atom stereocenters. The minimum atomic E-state index is -0.163. The van der Waals surface area contributed by atoms with Gasteiger partial charge in [-0.3, -0.25) is 9.36 Å². The number of nitrogens with zero attached hydrogens (tertiary/aromatic N) is 1. The van der Waals surface area contributed by atoms with E-state index in [1.54, 1.807) is 29.0 Å². The summed E-state index contributed by atoms with van der Waals surface area (Å²) in [5, 5.41) is 1.76. The SMILES string of the molecule is NCc1cn(C(=O)c2ccc(Cl)c(Cl)c2)c2ccccc12. The monoisotopic (exact) mass is 318 g/mol. The summed E-state index contributed by atoms with van der Waals surface area (Å²) in [6, 6.07) is 12.5. The molecule has 1 aromatic heterocycles. The molecule has 2 N–H and O–H groups in total. The van der Waals surface area contributed by atoms with Crippen molar-refractivity contribution in [2.75, 3.05) is 0 Å². The number of halogens is 2. The van der Waals surface area contributed by atoms with Gasteiger partial charge in [-0.05, 0) is 29.8 Å². The van der Waals surface area contributed by atoms with Crippen molar-refractivity contribution in [2.24, 2.45) is 5.73 Å². The van der Waals surface area contributed by atoms with E-state index < -0.39 is 0 Å². The van der Waals surface area contributed by atoms with E-state index in [-0.39, 0.29) is 5.91 Å². The molecule has 0 unspecified atom stereocenters. The molecule has 0 fully saturated rings. The fourth-order valence-corrected chi connectivity index (χ4v) is 2.65. The molecule has 0 spiro atoms. The maximum Gasteiger partial charge on any atom is 0.262 e. The van der Waals surface area contributed by atoms with Crippen molar-refractivity contribution in [3.63, 3.8) is 0 Å². The normalized spacial score (nSPS) is 11.0. The number of hydrogen-bond acceptors (Lipinski definition) is 2. The molecule has 0 radical (unpaired) electrons. The molecule has 0 bridgehead atoms. The lowest BCUT2D eigenvalue weighted by molar-refractivity contribution is 0.0965. The van der Waals surface area contributed by atoms with Gasteiger partial charge in [-0.1, -0.05) is 41.4 Å². The van der Waals surface area contributed by atoms with Crippen LogP contribution < -0.4 is 5.73 Å². The lowest BCUT2D eigenvalue weighted by atomic mass is 10.2.